The minimum atomic E-state index is -2.95. The topological polar surface area (TPSA) is 129 Å². The standard InChI is InChI=1S/C20H17F2N7O2/c1-7-4-5-11(30)8(2)15(7)28-16(23)13-12-14(25-9(3)26-18(12)28)10-6-24-29(20(21)22)17(10)27-19(13)31/h4-6,20,23,30-31H,1-3H3,(H,25,26). The van der Waals surface area contributed by atoms with Crippen LogP contribution in [-0.4, -0.2) is 39.5 Å². The molecule has 0 atom stereocenters. The number of hydrogen-bond acceptors (Lipinski definition) is 6. The number of phenolic OH excluding ortho intramolecular Hbond substituents is 1. The molecule has 0 aliphatic heterocycles. The monoisotopic (exact) mass is 425 g/mol. The molecule has 158 valence electrons. The van der Waals surface area contributed by atoms with Crippen molar-refractivity contribution in [3.05, 3.63) is 40.8 Å². The summed E-state index contributed by atoms with van der Waals surface area (Å²) in [7, 11) is 0. The van der Waals surface area contributed by atoms with E-state index < -0.39 is 12.4 Å². The van der Waals surface area contributed by atoms with Gasteiger partial charge in [-0.3, -0.25) is 9.98 Å². The first-order valence-corrected chi connectivity index (χ1v) is 9.34. The van der Waals surface area contributed by atoms with E-state index in [9.17, 15) is 19.0 Å². The molecule has 0 aliphatic rings. The van der Waals surface area contributed by atoms with Gasteiger partial charge in [-0.1, -0.05) is 6.07 Å². The molecule has 0 saturated carbocycles. The second-order valence-corrected chi connectivity index (χ2v) is 7.37. The fourth-order valence-corrected chi connectivity index (χ4v) is 4.08. The van der Waals surface area contributed by atoms with E-state index in [0.29, 0.717) is 38.3 Å². The SMILES string of the molecule is Cc1nc2c3c(c(O)nc4c(cnn4C(F)F)c3[nH]1)c(=N)n2-c1c(C)ccc(O)c1C. The van der Waals surface area contributed by atoms with E-state index >= 15 is 0 Å². The minimum absolute atomic E-state index is 0.0490. The summed E-state index contributed by atoms with van der Waals surface area (Å²) in [4.78, 5) is 11.6. The van der Waals surface area contributed by atoms with Crippen molar-refractivity contribution in [3.63, 3.8) is 0 Å². The van der Waals surface area contributed by atoms with Crippen LogP contribution in [0.2, 0.25) is 0 Å². The molecule has 0 saturated heterocycles. The molecule has 0 aliphatic carbocycles. The molecule has 4 aromatic heterocycles. The number of halogens is 2. The van der Waals surface area contributed by atoms with Gasteiger partial charge in [0.25, 0.3) is 0 Å². The van der Waals surface area contributed by atoms with Gasteiger partial charge in [-0.05, 0) is 32.4 Å². The normalized spacial score (nSPS) is 12.1. The number of nitrogens with one attached hydrogen (secondary N) is 2. The number of nitrogens with zero attached hydrogens (tertiary/aromatic N) is 5. The van der Waals surface area contributed by atoms with Crippen molar-refractivity contribution >= 4 is 33.0 Å². The number of H-pyrrole nitrogens is 1. The van der Waals surface area contributed by atoms with Gasteiger partial charge < -0.3 is 15.2 Å². The number of fused-ring (bicyclic) bond motifs is 2. The zero-order valence-corrected chi connectivity index (χ0v) is 16.7. The molecule has 5 rings (SSSR count). The molecule has 11 heteroatoms. The van der Waals surface area contributed by atoms with Crippen LogP contribution in [0.4, 0.5) is 8.78 Å². The third-order valence-corrected chi connectivity index (χ3v) is 5.46. The van der Waals surface area contributed by atoms with Crippen molar-refractivity contribution in [1.82, 2.24) is 29.3 Å². The Hall–Kier alpha value is -4.02. The Morgan fingerprint density at radius 2 is 1.81 bits per heavy atom. The van der Waals surface area contributed by atoms with E-state index in [4.69, 9.17) is 5.41 Å². The molecule has 0 fully saturated rings. The smallest absolute Gasteiger partial charge is 0.335 e. The van der Waals surface area contributed by atoms with Crippen molar-refractivity contribution in [3.8, 4) is 17.3 Å². The minimum Gasteiger partial charge on any atom is -0.508 e. The summed E-state index contributed by atoms with van der Waals surface area (Å²) in [5.74, 6) is -0.0839. The lowest BCUT2D eigenvalue weighted by Gasteiger charge is -2.13. The summed E-state index contributed by atoms with van der Waals surface area (Å²) < 4.78 is 28.8. The number of aryl methyl sites for hydroxylation is 2. The van der Waals surface area contributed by atoms with E-state index in [2.05, 4.69) is 20.1 Å². The first kappa shape index (κ1) is 19.0. The van der Waals surface area contributed by atoms with Gasteiger partial charge >= 0.3 is 6.55 Å². The van der Waals surface area contributed by atoms with Crippen molar-refractivity contribution in [2.24, 2.45) is 0 Å². The number of alkyl halides is 2. The number of benzene rings is 1. The van der Waals surface area contributed by atoms with Crippen molar-refractivity contribution in [1.29, 1.82) is 5.41 Å². The lowest BCUT2D eigenvalue weighted by atomic mass is 10.1. The molecule has 9 nitrogen and oxygen atoms in total. The van der Waals surface area contributed by atoms with Crippen LogP contribution in [-0.2, 0) is 0 Å². The Morgan fingerprint density at radius 1 is 1.06 bits per heavy atom. The van der Waals surface area contributed by atoms with Crippen molar-refractivity contribution in [2.75, 3.05) is 0 Å². The Bertz CT molecular complexity index is 1600. The van der Waals surface area contributed by atoms with E-state index in [0.717, 1.165) is 5.56 Å². The Morgan fingerprint density at radius 3 is 2.52 bits per heavy atom. The lowest BCUT2D eigenvalue weighted by molar-refractivity contribution is 0.0608. The van der Waals surface area contributed by atoms with Gasteiger partial charge in [-0.25, -0.2) is 4.98 Å². The second-order valence-electron chi connectivity index (χ2n) is 7.37. The molecule has 0 amide bonds. The van der Waals surface area contributed by atoms with Crippen LogP contribution in [0.3, 0.4) is 0 Å². The maximum absolute atomic E-state index is 13.4. The predicted octanol–water partition coefficient (Wildman–Crippen LogP) is 3.46. The third kappa shape index (κ3) is 2.46. The van der Waals surface area contributed by atoms with Crippen molar-refractivity contribution < 1.29 is 19.0 Å². The van der Waals surface area contributed by atoms with Crippen LogP contribution in [0.1, 0.15) is 23.5 Å². The number of phenols is 1. The summed E-state index contributed by atoms with van der Waals surface area (Å²) in [5, 5.41) is 34.2. The summed E-state index contributed by atoms with van der Waals surface area (Å²) >= 11 is 0. The summed E-state index contributed by atoms with van der Waals surface area (Å²) in [6.45, 7) is 2.29. The quantitative estimate of drug-likeness (QED) is 0.344. The molecular formula is C20H17F2N7O2. The number of aromatic hydroxyl groups is 2. The largest absolute Gasteiger partial charge is 0.508 e. The fourth-order valence-electron chi connectivity index (χ4n) is 4.08. The highest BCUT2D eigenvalue weighted by atomic mass is 19.3. The maximum atomic E-state index is 13.4. The molecule has 5 aromatic rings. The number of hydrogen-bond donors (Lipinski definition) is 4. The van der Waals surface area contributed by atoms with Gasteiger partial charge in [0.05, 0.1) is 33.6 Å². The zero-order chi connectivity index (χ0) is 22.2. The summed E-state index contributed by atoms with van der Waals surface area (Å²) in [5.41, 5.74) is 2.19. The average Bonchev–Trinajstić information content (AvgIpc) is 3.20. The van der Waals surface area contributed by atoms with Gasteiger partial charge in [-0.2, -0.15) is 23.5 Å². The first-order valence-electron chi connectivity index (χ1n) is 9.34. The van der Waals surface area contributed by atoms with Crippen LogP contribution in [0.5, 0.6) is 11.6 Å². The molecule has 0 radical (unpaired) electrons. The lowest BCUT2D eigenvalue weighted by Crippen LogP contribution is -2.16. The number of aromatic amines is 1. The van der Waals surface area contributed by atoms with Gasteiger partial charge in [0, 0.05) is 5.56 Å². The molecule has 0 unspecified atom stereocenters. The summed E-state index contributed by atoms with van der Waals surface area (Å²) in [6.07, 6.45) is 1.24. The van der Waals surface area contributed by atoms with E-state index in [-0.39, 0.29) is 27.7 Å². The van der Waals surface area contributed by atoms with Crippen LogP contribution < -0.4 is 5.49 Å². The van der Waals surface area contributed by atoms with Crippen LogP contribution in [0.15, 0.2) is 18.3 Å². The van der Waals surface area contributed by atoms with Crippen LogP contribution in [0.25, 0.3) is 38.7 Å². The molecule has 4 heterocycles. The maximum Gasteiger partial charge on any atom is 0.335 e. The fraction of sp³-hybridized carbons (Fsp3) is 0.200. The molecular weight excluding hydrogens is 408 g/mol. The van der Waals surface area contributed by atoms with Crippen LogP contribution >= 0.6 is 0 Å². The Kier molecular flexibility index (Phi) is 3.82. The van der Waals surface area contributed by atoms with E-state index in [1.807, 2.05) is 6.92 Å². The second kappa shape index (κ2) is 6.24. The van der Waals surface area contributed by atoms with Gasteiger partial charge in [0.2, 0.25) is 5.88 Å². The molecule has 0 bridgehead atoms. The molecule has 1 aromatic carbocycles. The van der Waals surface area contributed by atoms with Crippen LogP contribution in [0, 0.1) is 26.2 Å². The number of aromatic nitrogens is 6. The highest BCUT2D eigenvalue weighted by Gasteiger charge is 2.24. The van der Waals surface area contributed by atoms with Gasteiger partial charge in [0.15, 0.2) is 11.3 Å². The Labute approximate surface area is 172 Å². The molecule has 31 heavy (non-hydrogen) atoms. The average molecular weight is 425 g/mol. The molecule has 4 N–H and O–H groups in total. The Balaban J connectivity index is 2.09. The third-order valence-electron chi connectivity index (χ3n) is 5.46. The van der Waals surface area contributed by atoms with E-state index in [1.165, 1.54) is 10.8 Å². The predicted molar refractivity (Wildman–Crippen MR) is 109 cm³/mol. The zero-order valence-electron chi connectivity index (χ0n) is 16.7. The highest BCUT2D eigenvalue weighted by Crippen LogP contribution is 2.35. The molecule has 0 spiro atoms. The van der Waals surface area contributed by atoms with Gasteiger partial charge in [0.1, 0.15) is 17.1 Å². The van der Waals surface area contributed by atoms with E-state index in [1.54, 1.807) is 26.0 Å². The summed E-state index contributed by atoms with van der Waals surface area (Å²) in [6, 6.07) is 3.28. The number of rotatable bonds is 2. The highest BCUT2D eigenvalue weighted by molar-refractivity contribution is 6.16. The van der Waals surface area contributed by atoms with Gasteiger partial charge in [-0.15, -0.1) is 0 Å². The first-order chi connectivity index (χ1) is 14.7. The van der Waals surface area contributed by atoms with Crippen molar-refractivity contribution in [2.45, 2.75) is 27.3 Å².